The highest BCUT2D eigenvalue weighted by Crippen LogP contribution is 2.08. The van der Waals surface area contributed by atoms with Gasteiger partial charge in [-0.3, -0.25) is 0 Å². The van der Waals surface area contributed by atoms with Crippen LogP contribution in [0.5, 0.6) is 0 Å². The molecule has 0 bridgehead atoms. The van der Waals surface area contributed by atoms with Crippen molar-refractivity contribution in [1.82, 2.24) is 15.3 Å². The number of aryl methyl sites for hydroxylation is 1. The first-order valence-corrected chi connectivity index (χ1v) is 5.30. The van der Waals surface area contributed by atoms with Crippen LogP contribution in [-0.4, -0.2) is 9.97 Å². The molecule has 2 rings (SSSR count). The first-order valence-electron chi connectivity index (χ1n) is 5.30. The van der Waals surface area contributed by atoms with E-state index in [1.54, 1.807) is 12.3 Å². The fraction of sp³-hybridized carbons (Fsp3) is 0.250. The Labute approximate surface area is 97.9 Å². The van der Waals surface area contributed by atoms with Crippen LogP contribution in [0.4, 0.5) is 8.78 Å². The lowest BCUT2D eigenvalue weighted by atomic mass is 10.2. The summed E-state index contributed by atoms with van der Waals surface area (Å²) in [6.45, 7) is 2.97. The summed E-state index contributed by atoms with van der Waals surface area (Å²) in [7, 11) is 0. The van der Waals surface area contributed by atoms with Gasteiger partial charge in [-0.1, -0.05) is 6.07 Å². The van der Waals surface area contributed by atoms with Crippen molar-refractivity contribution in [3.05, 3.63) is 53.1 Å². The zero-order valence-electron chi connectivity index (χ0n) is 9.43. The van der Waals surface area contributed by atoms with Crippen LogP contribution in [0.15, 0.2) is 24.4 Å². The zero-order valence-corrected chi connectivity index (χ0v) is 9.43. The smallest absolute Gasteiger partial charge is 0.159 e. The van der Waals surface area contributed by atoms with E-state index in [4.69, 9.17) is 0 Å². The van der Waals surface area contributed by atoms with Crippen molar-refractivity contribution in [3.8, 4) is 0 Å². The molecule has 90 valence electrons. The molecule has 0 fully saturated rings. The molecule has 3 nitrogen and oxygen atoms in total. The number of aromatic nitrogens is 2. The molecule has 0 amide bonds. The Morgan fingerprint density at radius 2 is 2.06 bits per heavy atom. The average Bonchev–Trinajstić information content (AvgIpc) is 2.70. The number of aromatic amines is 1. The molecule has 17 heavy (non-hydrogen) atoms. The molecule has 5 heteroatoms. The second kappa shape index (κ2) is 5.05. The third-order valence-corrected chi connectivity index (χ3v) is 2.38. The highest BCUT2D eigenvalue weighted by atomic mass is 19.2. The van der Waals surface area contributed by atoms with Crippen LogP contribution >= 0.6 is 0 Å². The lowest BCUT2D eigenvalue weighted by Gasteiger charge is -2.03. The van der Waals surface area contributed by atoms with E-state index < -0.39 is 11.6 Å². The molecule has 0 aliphatic rings. The molecular weight excluding hydrogens is 224 g/mol. The van der Waals surface area contributed by atoms with E-state index in [9.17, 15) is 8.78 Å². The van der Waals surface area contributed by atoms with E-state index in [1.165, 1.54) is 6.07 Å². The van der Waals surface area contributed by atoms with Crippen molar-refractivity contribution in [1.29, 1.82) is 0 Å². The van der Waals surface area contributed by atoms with E-state index in [2.05, 4.69) is 15.3 Å². The predicted molar refractivity (Wildman–Crippen MR) is 60.2 cm³/mol. The van der Waals surface area contributed by atoms with Gasteiger partial charge in [0.2, 0.25) is 0 Å². The molecule has 0 saturated heterocycles. The molecule has 0 aliphatic carbocycles. The van der Waals surface area contributed by atoms with Gasteiger partial charge in [0.15, 0.2) is 11.6 Å². The Kier molecular flexibility index (Phi) is 3.49. The number of hydrogen-bond acceptors (Lipinski definition) is 2. The first kappa shape index (κ1) is 11.7. The Bertz CT molecular complexity index is 508. The normalized spacial score (nSPS) is 10.8. The summed E-state index contributed by atoms with van der Waals surface area (Å²) in [5.41, 5.74) is 1.67. The topological polar surface area (TPSA) is 40.7 Å². The van der Waals surface area contributed by atoms with Crippen molar-refractivity contribution in [3.63, 3.8) is 0 Å². The van der Waals surface area contributed by atoms with Crippen LogP contribution in [0.1, 0.15) is 17.1 Å². The Morgan fingerprint density at radius 1 is 1.24 bits per heavy atom. The standard InChI is InChI=1S/C12H13F2N3/c1-8-16-7-10(17-8)6-15-5-9-2-3-11(13)12(14)4-9/h2-4,7,15H,5-6H2,1H3,(H,16,17). The van der Waals surface area contributed by atoms with Crippen molar-refractivity contribution >= 4 is 0 Å². The summed E-state index contributed by atoms with van der Waals surface area (Å²) in [6.07, 6.45) is 1.74. The Balaban J connectivity index is 1.87. The first-order chi connectivity index (χ1) is 8.15. The van der Waals surface area contributed by atoms with Gasteiger partial charge in [0.05, 0.1) is 0 Å². The van der Waals surface area contributed by atoms with Gasteiger partial charge in [0.1, 0.15) is 5.82 Å². The summed E-state index contributed by atoms with van der Waals surface area (Å²) in [5.74, 6) is -0.783. The Hall–Kier alpha value is -1.75. The maximum Gasteiger partial charge on any atom is 0.159 e. The van der Waals surface area contributed by atoms with Crippen LogP contribution in [0, 0.1) is 18.6 Å². The summed E-state index contributed by atoms with van der Waals surface area (Å²) >= 11 is 0. The fourth-order valence-electron chi connectivity index (χ4n) is 1.55. The number of hydrogen-bond donors (Lipinski definition) is 2. The number of benzene rings is 1. The summed E-state index contributed by atoms with van der Waals surface area (Å²) in [4.78, 5) is 7.14. The van der Waals surface area contributed by atoms with Gasteiger partial charge in [-0.2, -0.15) is 0 Å². The van der Waals surface area contributed by atoms with Gasteiger partial charge in [0, 0.05) is 25.0 Å². The van der Waals surface area contributed by atoms with Gasteiger partial charge in [0.25, 0.3) is 0 Å². The maximum absolute atomic E-state index is 12.9. The number of nitrogens with zero attached hydrogens (tertiary/aromatic N) is 1. The lowest BCUT2D eigenvalue weighted by molar-refractivity contribution is 0.506. The number of H-pyrrole nitrogens is 1. The second-order valence-corrected chi connectivity index (χ2v) is 3.85. The highest BCUT2D eigenvalue weighted by Gasteiger charge is 2.02. The van der Waals surface area contributed by atoms with Crippen LogP contribution in [0.25, 0.3) is 0 Å². The molecule has 2 aromatic rings. The third kappa shape index (κ3) is 3.10. The number of rotatable bonds is 4. The molecule has 1 aromatic carbocycles. The molecule has 2 N–H and O–H groups in total. The minimum atomic E-state index is -0.821. The predicted octanol–water partition coefficient (Wildman–Crippen LogP) is 2.29. The average molecular weight is 237 g/mol. The molecule has 0 aliphatic heterocycles. The van der Waals surface area contributed by atoms with Gasteiger partial charge in [-0.05, 0) is 24.6 Å². The largest absolute Gasteiger partial charge is 0.345 e. The summed E-state index contributed by atoms with van der Waals surface area (Å²) < 4.78 is 25.6. The van der Waals surface area contributed by atoms with Crippen molar-refractivity contribution < 1.29 is 8.78 Å². The SMILES string of the molecule is Cc1ncc(CNCc2ccc(F)c(F)c2)[nH]1. The van der Waals surface area contributed by atoms with E-state index >= 15 is 0 Å². The molecule has 0 saturated carbocycles. The summed E-state index contributed by atoms with van der Waals surface area (Å²) in [6, 6.07) is 3.89. The lowest BCUT2D eigenvalue weighted by Crippen LogP contribution is -2.13. The van der Waals surface area contributed by atoms with Crippen molar-refractivity contribution in [2.24, 2.45) is 0 Å². The minimum Gasteiger partial charge on any atom is -0.345 e. The van der Waals surface area contributed by atoms with E-state index in [0.717, 1.165) is 17.6 Å². The summed E-state index contributed by atoms with van der Waals surface area (Å²) in [5, 5.41) is 3.12. The highest BCUT2D eigenvalue weighted by molar-refractivity contribution is 5.17. The molecule has 1 heterocycles. The molecular formula is C12H13F2N3. The van der Waals surface area contributed by atoms with Gasteiger partial charge in [-0.15, -0.1) is 0 Å². The van der Waals surface area contributed by atoms with Gasteiger partial charge in [-0.25, -0.2) is 13.8 Å². The number of nitrogens with one attached hydrogen (secondary N) is 2. The maximum atomic E-state index is 12.9. The van der Waals surface area contributed by atoms with Crippen LogP contribution in [0.2, 0.25) is 0 Å². The number of halogens is 2. The molecule has 0 radical (unpaired) electrons. The Morgan fingerprint density at radius 3 is 2.71 bits per heavy atom. The second-order valence-electron chi connectivity index (χ2n) is 3.85. The van der Waals surface area contributed by atoms with Crippen LogP contribution < -0.4 is 5.32 Å². The van der Waals surface area contributed by atoms with Crippen LogP contribution in [-0.2, 0) is 13.1 Å². The molecule has 1 aromatic heterocycles. The molecule has 0 unspecified atom stereocenters. The van der Waals surface area contributed by atoms with Gasteiger partial charge >= 0.3 is 0 Å². The zero-order chi connectivity index (χ0) is 12.3. The van der Waals surface area contributed by atoms with Gasteiger partial charge < -0.3 is 10.3 Å². The van der Waals surface area contributed by atoms with Crippen molar-refractivity contribution in [2.75, 3.05) is 0 Å². The third-order valence-electron chi connectivity index (χ3n) is 2.38. The quantitative estimate of drug-likeness (QED) is 0.856. The molecule has 0 atom stereocenters. The van der Waals surface area contributed by atoms with E-state index in [0.29, 0.717) is 18.7 Å². The van der Waals surface area contributed by atoms with E-state index in [-0.39, 0.29) is 0 Å². The fourth-order valence-corrected chi connectivity index (χ4v) is 1.55. The number of imidazole rings is 1. The van der Waals surface area contributed by atoms with Crippen LogP contribution in [0.3, 0.4) is 0 Å². The minimum absolute atomic E-state index is 0.481. The molecule has 0 spiro atoms. The van der Waals surface area contributed by atoms with E-state index in [1.807, 2.05) is 6.92 Å². The monoisotopic (exact) mass is 237 g/mol. The van der Waals surface area contributed by atoms with Crippen molar-refractivity contribution in [2.45, 2.75) is 20.0 Å².